The van der Waals surface area contributed by atoms with Gasteiger partial charge in [-0.2, -0.15) is 0 Å². The number of aromatic nitrogens is 1. The highest BCUT2D eigenvalue weighted by atomic mass is 127. The van der Waals surface area contributed by atoms with Crippen molar-refractivity contribution < 1.29 is 32.0 Å². The molecule has 29 heavy (non-hydrogen) atoms. The van der Waals surface area contributed by atoms with Gasteiger partial charge in [-0.3, -0.25) is 4.79 Å². The fourth-order valence-corrected chi connectivity index (χ4v) is 3.90. The van der Waals surface area contributed by atoms with Gasteiger partial charge in [-0.1, -0.05) is 38.1 Å². The van der Waals surface area contributed by atoms with Gasteiger partial charge in [-0.25, -0.2) is 17.9 Å². The molecule has 1 heterocycles. The zero-order valence-electron chi connectivity index (χ0n) is 16.3. The fourth-order valence-electron chi connectivity index (χ4n) is 2.17. The number of halogens is 1. The summed E-state index contributed by atoms with van der Waals surface area (Å²) in [5.41, 5.74) is 0.694. The first kappa shape index (κ1) is 23.1. The summed E-state index contributed by atoms with van der Waals surface area (Å²) in [7, 11) is -3.94. The highest BCUT2D eigenvalue weighted by molar-refractivity contribution is 14.1. The van der Waals surface area contributed by atoms with Crippen molar-refractivity contribution in [2.24, 2.45) is 0 Å². The van der Waals surface area contributed by atoms with E-state index in [0.29, 0.717) is 0 Å². The topological polar surface area (TPSA) is 125 Å². The Morgan fingerprint density at radius 1 is 1.14 bits per heavy atom. The van der Waals surface area contributed by atoms with Crippen molar-refractivity contribution in [3.05, 3.63) is 39.1 Å². The second-order valence-electron chi connectivity index (χ2n) is 7.03. The lowest BCUT2D eigenvalue weighted by Crippen LogP contribution is -2.15. The average Bonchev–Trinajstić information content (AvgIpc) is 2.98. The van der Waals surface area contributed by atoms with E-state index < -0.39 is 22.0 Å². The maximum Gasteiger partial charge on any atom is 0.361 e. The number of carbonyl (C=O) groups excluding carboxylic acids is 2. The van der Waals surface area contributed by atoms with Crippen molar-refractivity contribution in [1.82, 2.24) is 5.16 Å². The van der Waals surface area contributed by atoms with E-state index in [9.17, 15) is 18.0 Å². The van der Waals surface area contributed by atoms with Gasteiger partial charge in [0.2, 0.25) is 5.69 Å². The molecule has 0 aliphatic rings. The first-order valence-electron chi connectivity index (χ1n) is 8.51. The molecule has 0 bridgehead atoms. The first-order valence-corrected chi connectivity index (χ1v) is 11.1. The zero-order chi connectivity index (χ0) is 21.8. The Labute approximate surface area is 182 Å². The van der Waals surface area contributed by atoms with Crippen molar-refractivity contribution in [3.8, 4) is 0 Å². The summed E-state index contributed by atoms with van der Waals surface area (Å²) < 4.78 is 42.2. The van der Waals surface area contributed by atoms with Crippen LogP contribution in [-0.4, -0.2) is 38.7 Å². The lowest BCUT2D eigenvalue weighted by molar-refractivity contribution is -0.142. The van der Waals surface area contributed by atoms with Crippen LogP contribution in [0.15, 0.2) is 33.7 Å². The van der Waals surface area contributed by atoms with Gasteiger partial charge in [-0.15, -0.1) is 0 Å². The molecule has 0 saturated heterocycles. The van der Waals surface area contributed by atoms with Crippen molar-refractivity contribution >= 4 is 50.4 Å². The Morgan fingerprint density at radius 2 is 1.72 bits per heavy atom. The van der Waals surface area contributed by atoms with Crippen molar-refractivity contribution in [1.29, 1.82) is 0 Å². The smallest absolute Gasteiger partial charge is 0.361 e. The summed E-state index contributed by atoms with van der Waals surface area (Å²) in [6, 6.07) is 6.48. The van der Waals surface area contributed by atoms with Gasteiger partial charge in [-0.05, 0) is 45.7 Å². The number of esters is 2. The lowest BCUT2D eigenvalue weighted by Gasteiger charge is -2.19. The summed E-state index contributed by atoms with van der Waals surface area (Å²) in [5.74, 6) is -1.52. The Balaban J connectivity index is 2.10. The minimum Gasteiger partial charge on any atom is -0.462 e. The van der Waals surface area contributed by atoms with Crippen LogP contribution >= 0.6 is 22.6 Å². The van der Waals surface area contributed by atoms with Crippen LogP contribution in [0.5, 0.6) is 0 Å². The second kappa shape index (κ2) is 9.11. The SMILES string of the molecule is CC(=O)OCCOC(=O)c1noc(NS(=O)(=O)c2ccc(C(C)(C)C)cc2)c1I. The molecule has 0 amide bonds. The number of ether oxygens (including phenoxy) is 2. The van der Waals surface area contributed by atoms with E-state index in [1.165, 1.54) is 19.1 Å². The maximum absolute atomic E-state index is 12.6. The van der Waals surface area contributed by atoms with Gasteiger partial charge in [0.1, 0.15) is 16.8 Å². The van der Waals surface area contributed by atoms with Gasteiger partial charge in [0, 0.05) is 6.92 Å². The molecule has 11 heteroatoms. The third-order valence-electron chi connectivity index (χ3n) is 3.71. The number of carbonyl (C=O) groups is 2. The standard InChI is InChI=1S/C18H21IN2O7S/c1-11(22)26-9-10-27-17(23)15-14(19)16(28-20-15)21-29(24,25)13-7-5-12(6-8-13)18(2,3)4/h5-8,21H,9-10H2,1-4H3. The van der Waals surface area contributed by atoms with Crippen LogP contribution in [0.3, 0.4) is 0 Å². The van der Waals surface area contributed by atoms with E-state index in [4.69, 9.17) is 9.26 Å². The van der Waals surface area contributed by atoms with Crippen LogP contribution in [0.25, 0.3) is 0 Å². The first-order chi connectivity index (χ1) is 13.4. The van der Waals surface area contributed by atoms with Gasteiger partial charge in [0.25, 0.3) is 15.9 Å². The summed E-state index contributed by atoms with van der Waals surface area (Å²) >= 11 is 1.73. The summed E-state index contributed by atoms with van der Waals surface area (Å²) in [6.07, 6.45) is 0. The molecular weight excluding hydrogens is 515 g/mol. The highest BCUT2D eigenvalue weighted by Crippen LogP contribution is 2.27. The van der Waals surface area contributed by atoms with Gasteiger partial charge in [0.15, 0.2) is 0 Å². The van der Waals surface area contributed by atoms with Gasteiger partial charge >= 0.3 is 11.9 Å². The molecule has 158 valence electrons. The van der Waals surface area contributed by atoms with E-state index >= 15 is 0 Å². The van der Waals surface area contributed by atoms with Crippen LogP contribution in [0.1, 0.15) is 43.7 Å². The largest absolute Gasteiger partial charge is 0.462 e. The number of benzene rings is 1. The van der Waals surface area contributed by atoms with Crippen LogP contribution in [0, 0.1) is 3.57 Å². The fraction of sp³-hybridized carbons (Fsp3) is 0.389. The molecule has 0 unspecified atom stereocenters. The Hall–Kier alpha value is -2.15. The summed E-state index contributed by atoms with van der Waals surface area (Å²) in [5, 5.41) is 3.56. The zero-order valence-corrected chi connectivity index (χ0v) is 19.3. The summed E-state index contributed by atoms with van der Waals surface area (Å²) in [6.45, 7) is 7.05. The molecule has 0 aliphatic heterocycles. The molecule has 0 saturated carbocycles. The molecular formula is C18H21IN2O7S. The van der Waals surface area contributed by atoms with Crippen LogP contribution in [0.4, 0.5) is 5.88 Å². The van der Waals surface area contributed by atoms with Crippen LogP contribution < -0.4 is 4.72 Å². The quantitative estimate of drug-likeness (QED) is 0.325. The van der Waals surface area contributed by atoms with E-state index in [1.807, 2.05) is 20.8 Å². The number of nitrogens with zero attached hydrogens (tertiary/aromatic N) is 1. The van der Waals surface area contributed by atoms with Crippen molar-refractivity contribution in [3.63, 3.8) is 0 Å². The third-order valence-corrected chi connectivity index (χ3v) is 6.06. The number of rotatable bonds is 7. The van der Waals surface area contributed by atoms with Gasteiger partial charge < -0.3 is 14.0 Å². The third kappa shape index (κ3) is 6.16. The predicted octanol–water partition coefficient (Wildman–Crippen LogP) is 3.10. The molecule has 0 radical (unpaired) electrons. The predicted molar refractivity (Wildman–Crippen MR) is 112 cm³/mol. The van der Waals surface area contributed by atoms with E-state index in [1.54, 1.807) is 34.7 Å². The van der Waals surface area contributed by atoms with Crippen molar-refractivity contribution in [2.45, 2.75) is 38.0 Å². The average molecular weight is 536 g/mol. The molecule has 0 aliphatic carbocycles. The lowest BCUT2D eigenvalue weighted by atomic mass is 9.87. The monoisotopic (exact) mass is 536 g/mol. The Kier molecular flexibility index (Phi) is 7.27. The number of sulfonamides is 1. The normalized spacial score (nSPS) is 11.8. The molecule has 2 rings (SSSR count). The van der Waals surface area contributed by atoms with Gasteiger partial charge in [0.05, 0.1) is 4.90 Å². The number of hydrogen-bond donors (Lipinski definition) is 1. The second-order valence-corrected chi connectivity index (χ2v) is 9.79. The Bertz CT molecular complexity index is 992. The Morgan fingerprint density at radius 3 is 2.28 bits per heavy atom. The number of nitrogens with one attached hydrogen (secondary N) is 1. The highest BCUT2D eigenvalue weighted by Gasteiger charge is 2.26. The molecule has 1 N–H and O–H groups in total. The van der Waals surface area contributed by atoms with Crippen LogP contribution in [0.2, 0.25) is 0 Å². The van der Waals surface area contributed by atoms with Crippen LogP contribution in [-0.2, 0) is 29.7 Å². The molecule has 0 fully saturated rings. The van der Waals surface area contributed by atoms with E-state index in [0.717, 1.165) is 5.56 Å². The maximum atomic E-state index is 12.6. The molecule has 0 spiro atoms. The van der Waals surface area contributed by atoms with Crippen molar-refractivity contribution in [2.75, 3.05) is 17.9 Å². The molecule has 2 aromatic rings. The number of anilines is 1. The van der Waals surface area contributed by atoms with E-state index in [2.05, 4.69) is 14.6 Å². The van der Waals surface area contributed by atoms with E-state index in [-0.39, 0.29) is 38.7 Å². The number of hydrogen-bond acceptors (Lipinski definition) is 8. The molecule has 9 nitrogen and oxygen atoms in total. The minimum atomic E-state index is -3.94. The summed E-state index contributed by atoms with van der Waals surface area (Å²) in [4.78, 5) is 22.7. The molecule has 1 aromatic heterocycles. The minimum absolute atomic E-state index is 0.0446. The molecule has 0 atom stereocenters. The molecule has 1 aromatic carbocycles.